The van der Waals surface area contributed by atoms with Crippen molar-refractivity contribution in [2.24, 2.45) is 0 Å². The van der Waals surface area contributed by atoms with Crippen molar-refractivity contribution < 1.29 is 9.53 Å². The lowest BCUT2D eigenvalue weighted by molar-refractivity contribution is -0.146. The molecule has 1 heterocycles. The molecule has 0 aliphatic heterocycles. The quantitative estimate of drug-likeness (QED) is 0.677. The number of rotatable bonds is 5. The highest BCUT2D eigenvalue weighted by Gasteiger charge is 2.35. The van der Waals surface area contributed by atoms with Crippen LogP contribution in [0, 0.1) is 0 Å². The molecule has 24 heavy (non-hydrogen) atoms. The summed E-state index contributed by atoms with van der Waals surface area (Å²) in [6.07, 6.45) is 2.52. The average molecular weight is 323 g/mol. The molecule has 2 aromatic carbocycles. The minimum atomic E-state index is -0.844. The third-order valence-electron chi connectivity index (χ3n) is 4.23. The van der Waals surface area contributed by atoms with Crippen molar-refractivity contribution in [2.75, 3.05) is 7.11 Å². The molecule has 0 saturated carbocycles. The van der Waals surface area contributed by atoms with Gasteiger partial charge in [-0.05, 0) is 36.6 Å². The first-order chi connectivity index (χ1) is 11.5. The fraction of sp³-hybridized carbons (Fsp3) is 0.316. The number of carbonyl (C=O) groups is 1. The molecule has 5 nitrogen and oxygen atoms in total. The number of benzene rings is 2. The maximum Gasteiger partial charge on any atom is 0.319 e. The van der Waals surface area contributed by atoms with E-state index < -0.39 is 5.41 Å². The molecular formula is C19H21N3O2. The SMILES string of the molecule is COC(=O)C(C)(C)c1ncn(CCc2ccc3ccccc3c2)n1. The van der Waals surface area contributed by atoms with Crippen LogP contribution in [0.25, 0.3) is 10.8 Å². The van der Waals surface area contributed by atoms with Crippen LogP contribution in [0.5, 0.6) is 0 Å². The third-order valence-corrected chi connectivity index (χ3v) is 4.23. The highest BCUT2D eigenvalue weighted by Crippen LogP contribution is 2.21. The molecule has 0 radical (unpaired) electrons. The zero-order chi connectivity index (χ0) is 17.2. The highest BCUT2D eigenvalue weighted by molar-refractivity contribution is 5.83. The number of carbonyl (C=O) groups excluding carboxylic acids is 1. The molecule has 5 heteroatoms. The standard InChI is InChI=1S/C19H21N3O2/c1-19(2,18(23)24-3)17-20-13-22(21-17)11-10-14-8-9-15-6-4-5-7-16(15)12-14/h4-9,12-13H,10-11H2,1-3H3. The third kappa shape index (κ3) is 3.15. The Kier molecular flexibility index (Phi) is 4.34. The summed E-state index contributed by atoms with van der Waals surface area (Å²) < 4.78 is 6.59. The fourth-order valence-corrected chi connectivity index (χ4v) is 2.67. The summed E-state index contributed by atoms with van der Waals surface area (Å²) in [4.78, 5) is 16.1. The molecule has 0 unspecified atom stereocenters. The van der Waals surface area contributed by atoms with E-state index in [1.165, 1.54) is 23.4 Å². The molecule has 0 amide bonds. The Morgan fingerprint density at radius 1 is 1.17 bits per heavy atom. The van der Waals surface area contributed by atoms with E-state index in [9.17, 15) is 4.79 Å². The Balaban J connectivity index is 1.71. The predicted octanol–water partition coefficient (Wildman–Crippen LogP) is 3.12. The average Bonchev–Trinajstić information content (AvgIpc) is 3.08. The van der Waals surface area contributed by atoms with Gasteiger partial charge in [-0.15, -0.1) is 0 Å². The second kappa shape index (κ2) is 6.43. The fourth-order valence-electron chi connectivity index (χ4n) is 2.67. The minimum absolute atomic E-state index is 0.338. The maximum atomic E-state index is 11.8. The van der Waals surface area contributed by atoms with E-state index in [2.05, 4.69) is 40.4 Å². The molecule has 3 rings (SSSR count). The molecule has 0 N–H and O–H groups in total. The maximum absolute atomic E-state index is 11.8. The van der Waals surface area contributed by atoms with Crippen molar-refractivity contribution >= 4 is 16.7 Å². The van der Waals surface area contributed by atoms with Crippen molar-refractivity contribution in [1.82, 2.24) is 14.8 Å². The largest absolute Gasteiger partial charge is 0.468 e. The van der Waals surface area contributed by atoms with Crippen LogP contribution in [0.4, 0.5) is 0 Å². The first-order valence-electron chi connectivity index (χ1n) is 7.97. The molecule has 3 aromatic rings. The van der Waals surface area contributed by atoms with Gasteiger partial charge in [0, 0.05) is 6.54 Å². The van der Waals surface area contributed by atoms with Gasteiger partial charge in [-0.1, -0.05) is 42.5 Å². The molecular weight excluding hydrogens is 302 g/mol. The summed E-state index contributed by atoms with van der Waals surface area (Å²) in [5, 5.41) is 6.91. The van der Waals surface area contributed by atoms with Crippen LogP contribution in [0.3, 0.4) is 0 Å². The second-order valence-corrected chi connectivity index (χ2v) is 6.38. The van der Waals surface area contributed by atoms with Crippen LogP contribution in [0.1, 0.15) is 25.2 Å². The normalized spacial score (nSPS) is 11.6. The lowest BCUT2D eigenvalue weighted by atomic mass is 9.93. The zero-order valence-electron chi connectivity index (χ0n) is 14.2. The monoisotopic (exact) mass is 323 g/mol. The Morgan fingerprint density at radius 3 is 2.67 bits per heavy atom. The van der Waals surface area contributed by atoms with Gasteiger partial charge in [-0.2, -0.15) is 5.10 Å². The van der Waals surface area contributed by atoms with Crippen molar-refractivity contribution in [3.8, 4) is 0 Å². The number of esters is 1. The van der Waals surface area contributed by atoms with E-state index in [-0.39, 0.29) is 5.97 Å². The summed E-state index contributed by atoms with van der Waals surface area (Å²) in [6.45, 7) is 4.24. The highest BCUT2D eigenvalue weighted by atomic mass is 16.5. The topological polar surface area (TPSA) is 57.0 Å². The number of fused-ring (bicyclic) bond motifs is 1. The Bertz CT molecular complexity index is 868. The Morgan fingerprint density at radius 2 is 1.92 bits per heavy atom. The van der Waals surface area contributed by atoms with Crippen LogP contribution in [0.2, 0.25) is 0 Å². The molecule has 0 aliphatic carbocycles. The number of aryl methyl sites for hydroxylation is 2. The van der Waals surface area contributed by atoms with Gasteiger partial charge in [-0.3, -0.25) is 9.48 Å². The van der Waals surface area contributed by atoms with E-state index in [1.54, 1.807) is 24.9 Å². The molecule has 0 fully saturated rings. The first kappa shape index (κ1) is 16.2. The second-order valence-electron chi connectivity index (χ2n) is 6.38. The number of ether oxygens (including phenoxy) is 1. The Labute approximate surface area is 141 Å². The van der Waals surface area contributed by atoms with E-state index in [4.69, 9.17) is 4.74 Å². The lowest BCUT2D eigenvalue weighted by Gasteiger charge is -2.17. The van der Waals surface area contributed by atoms with Crippen LogP contribution in [-0.2, 0) is 27.9 Å². The first-order valence-corrected chi connectivity index (χ1v) is 7.97. The van der Waals surface area contributed by atoms with Crippen LogP contribution < -0.4 is 0 Å². The summed E-state index contributed by atoms with van der Waals surface area (Å²) in [5.41, 5.74) is 0.404. The molecule has 0 spiro atoms. The summed E-state index contributed by atoms with van der Waals surface area (Å²) in [5.74, 6) is 0.141. The number of aromatic nitrogens is 3. The van der Waals surface area contributed by atoms with Gasteiger partial charge in [0.15, 0.2) is 5.82 Å². The van der Waals surface area contributed by atoms with Gasteiger partial charge in [-0.25, -0.2) is 4.98 Å². The molecule has 0 saturated heterocycles. The number of nitrogens with zero attached hydrogens (tertiary/aromatic N) is 3. The lowest BCUT2D eigenvalue weighted by Crippen LogP contribution is -2.31. The molecule has 0 aliphatic rings. The van der Waals surface area contributed by atoms with E-state index in [0.717, 1.165) is 6.42 Å². The minimum Gasteiger partial charge on any atom is -0.468 e. The molecule has 0 atom stereocenters. The van der Waals surface area contributed by atoms with Gasteiger partial charge >= 0.3 is 5.97 Å². The van der Waals surface area contributed by atoms with Crippen LogP contribution in [-0.4, -0.2) is 27.8 Å². The number of hydrogen-bond donors (Lipinski definition) is 0. The van der Waals surface area contributed by atoms with E-state index >= 15 is 0 Å². The van der Waals surface area contributed by atoms with Gasteiger partial charge in [0.25, 0.3) is 0 Å². The molecule has 124 valence electrons. The van der Waals surface area contributed by atoms with Gasteiger partial charge in [0.2, 0.25) is 0 Å². The smallest absolute Gasteiger partial charge is 0.319 e. The van der Waals surface area contributed by atoms with E-state index in [1.807, 2.05) is 12.1 Å². The van der Waals surface area contributed by atoms with Crippen LogP contribution in [0.15, 0.2) is 48.8 Å². The zero-order valence-corrected chi connectivity index (χ0v) is 14.2. The summed E-state index contributed by atoms with van der Waals surface area (Å²) in [6, 6.07) is 14.8. The molecule has 1 aromatic heterocycles. The van der Waals surface area contributed by atoms with Gasteiger partial charge in [0.05, 0.1) is 7.11 Å². The summed E-state index contributed by atoms with van der Waals surface area (Å²) in [7, 11) is 1.38. The number of hydrogen-bond acceptors (Lipinski definition) is 4. The predicted molar refractivity (Wildman–Crippen MR) is 92.7 cm³/mol. The number of methoxy groups -OCH3 is 1. The molecule has 0 bridgehead atoms. The van der Waals surface area contributed by atoms with E-state index in [0.29, 0.717) is 12.4 Å². The van der Waals surface area contributed by atoms with Gasteiger partial charge in [0.1, 0.15) is 11.7 Å². The van der Waals surface area contributed by atoms with Crippen molar-refractivity contribution in [1.29, 1.82) is 0 Å². The van der Waals surface area contributed by atoms with Crippen molar-refractivity contribution in [3.05, 3.63) is 60.2 Å². The van der Waals surface area contributed by atoms with Crippen molar-refractivity contribution in [3.63, 3.8) is 0 Å². The van der Waals surface area contributed by atoms with Crippen LogP contribution >= 0.6 is 0 Å². The summed E-state index contributed by atoms with van der Waals surface area (Å²) >= 11 is 0. The Hall–Kier alpha value is -2.69. The van der Waals surface area contributed by atoms with Crippen molar-refractivity contribution in [2.45, 2.75) is 32.2 Å². The van der Waals surface area contributed by atoms with Gasteiger partial charge < -0.3 is 4.74 Å².